The van der Waals surface area contributed by atoms with Crippen molar-refractivity contribution in [2.75, 3.05) is 0 Å². The predicted octanol–water partition coefficient (Wildman–Crippen LogP) is 6.94. The van der Waals surface area contributed by atoms with Gasteiger partial charge < -0.3 is 0 Å². The third-order valence-corrected chi connectivity index (χ3v) is 7.98. The van der Waals surface area contributed by atoms with Crippen molar-refractivity contribution in [3.8, 4) is 0 Å². The van der Waals surface area contributed by atoms with Crippen molar-refractivity contribution in [1.29, 1.82) is 0 Å². The van der Waals surface area contributed by atoms with E-state index in [1.807, 2.05) is 0 Å². The van der Waals surface area contributed by atoms with Crippen LogP contribution in [0.3, 0.4) is 0 Å². The summed E-state index contributed by atoms with van der Waals surface area (Å²) in [6.45, 7) is 2.28. The van der Waals surface area contributed by atoms with Crippen LogP contribution in [-0.4, -0.2) is 11.5 Å². The Balaban J connectivity index is 3.15. The molecule has 0 aliphatic heterocycles. The van der Waals surface area contributed by atoms with Gasteiger partial charge in [0.1, 0.15) is 0 Å². The van der Waals surface area contributed by atoms with Gasteiger partial charge in [-0.25, -0.2) is 0 Å². The zero-order chi connectivity index (χ0) is 13.2. The molecule has 0 aromatic rings. The van der Waals surface area contributed by atoms with Crippen LogP contribution in [0.5, 0.6) is 0 Å². The number of rotatable bonds is 11. The minimum absolute atomic E-state index is 1.30. The molecule has 0 aliphatic rings. The Morgan fingerprint density at radius 1 is 0.647 bits per heavy atom. The second kappa shape index (κ2) is 8.87. The van der Waals surface area contributed by atoms with Gasteiger partial charge in [0, 0.05) is 0 Å². The molecule has 0 nitrogen and oxygen atoms in total. The third kappa shape index (κ3) is 16.8. The molecule has 0 saturated carbocycles. The molecule has 0 aliphatic carbocycles. The van der Waals surface area contributed by atoms with E-state index in [-0.39, 0.29) is 0 Å². The zero-order valence-electron chi connectivity index (χ0n) is 12.6. The summed E-state index contributed by atoms with van der Waals surface area (Å²) in [5.41, 5.74) is 6.94. The van der Waals surface area contributed by atoms with Gasteiger partial charge in [0.05, 0.1) is 0 Å². The Hall–Kier alpha value is 0.848. The molecule has 0 radical (unpaired) electrons. The van der Waals surface area contributed by atoms with Gasteiger partial charge in [0.2, 0.25) is 0 Å². The van der Waals surface area contributed by atoms with E-state index in [0.29, 0.717) is 0 Å². The molecule has 106 valence electrons. The molecule has 0 saturated heterocycles. The SMILES string of the molecule is CCCCCCCCCCCC[As](C)(C)(C)Cl. The van der Waals surface area contributed by atoms with E-state index >= 15 is 0 Å². The first-order valence-corrected chi connectivity index (χ1v) is 17.0. The van der Waals surface area contributed by atoms with E-state index in [4.69, 9.17) is 9.95 Å². The van der Waals surface area contributed by atoms with Crippen molar-refractivity contribution in [2.45, 2.75) is 93.5 Å². The summed E-state index contributed by atoms with van der Waals surface area (Å²) in [7, 11) is 6.58. The van der Waals surface area contributed by atoms with Crippen LogP contribution in [0.15, 0.2) is 0 Å². The predicted molar refractivity (Wildman–Crippen MR) is 85.9 cm³/mol. The fraction of sp³-hybridized carbons (Fsp3) is 1.00. The van der Waals surface area contributed by atoms with E-state index in [9.17, 15) is 0 Å². The van der Waals surface area contributed by atoms with E-state index in [1.54, 1.807) is 0 Å². The van der Waals surface area contributed by atoms with Gasteiger partial charge in [-0.1, -0.05) is 0 Å². The molecule has 2 heteroatoms. The van der Waals surface area contributed by atoms with E-state index in [2.05, 4.69) is 24.1 Å². The Kier molecular flexibility index (Phi) is 9.31. The molecule has 0 spiro atoms. The second-order valence-corrected chi connectivity index (χ2v) is 26.5. The van der Waals surface area contributed by atoms with Crippen molar-refractivity contribution in [3.05, 3.63) is 0 Å². The Morgan fingerprint density at radius 2 is 1.00 bits per heavy atom. The van der Waals surface area contributed by atoms with Crippen LogP contribution in [0.25, 0.3) is 0 Å². The van der Waals surface area contributed by atoms with Gasteiger partial charge in [0.15, 0.2) is 0 Å². The first kappa shape index (κ1) is 17.8. The zero-order valence-corrected chi connectivity index (χ0v) is 15.2. The van der Waals surface area contributed by atoms with Crippen LogP contribution < -0.4 is 0 Å². The number of hydrogen-bond acceptors (Lipinski definition) is 0. The van der Waals surface area contributed by atoms with Crippen LogP contribution in [0.4, 0.5) is 0 Å². The molecule has 0 aromatic heterocycles. The maximum absolute atomic E-state index is 6.58. The Morgan fingerprint density at radius 3 is 1.35 bits per heavy atom. The van der Waals surface area contributed by atoms with Gasteiger partial charge in [-0.15, -0.1) is 0 Å². The van der Waals surface area contributed by atoms with Crippen LogP contribution in [-0.2, 0) is 0 Å². The summed E-state index contributed by atoms with van der Waals surface area (Å²) in [5.74, 6) is 0. The second-order valence-electron chi connectivity index (χ2n) is 6.82. The van der Waals surface area contributed by atoms with Crippen LogP contribution >= 0.6 is 9.95 Å². The van der Waals surface area contributed by atoms with Crippen molar-refractivity contribution >= 4 is 21.5 Å². The fourth-order valence-electron chi connectivity index (χ4n) is 2.13. The fourth-order valence-corrected chi connectivity index (χ4v) is 5.46. The summed E-state index contributed by atoms with van der Waals surface area (Å²) >= 11 is -2.23. The van der Waals surface area contributed by atoms with Crippen LogP contribution in [0.1, 0.15) is 71.1 Å². The van der Waals surface area contributed by atoms with Gasteiger partial charge in [-0.2, -0.15) is 0 Å². The van der Waals surface area contributed by atoms with E-state index < -0.39 is 11.5 Å². The molecular formula is C15H34AsCl. The third-order valence-electron chi connectivity index (χ3n) is 3.27. The number of hydrogen-bond donors (Lipinski definition) is 0. The molecule has 0 unspecified atom stereocenters. The van der Waals surface area contributed by atoms with Crippen molar-refractivity contribution in [2.24, 2.45) is 0 Å². The van der Waals surface area contributed by atoms with Gasteiger partial charge in [-0.05, 0) is 0 Å². The molecular weight excluding hydrogens is 291 g/mol. The average molecular weight is 325 g/mol. The van der Waals surface area contributed by atoms with Gasteiger partial charge >= 0.3 is 115 Å². The standard InChI is InChI=1S/C15H34AsCl/c1-5-6-7-8-9-10-11-12-13-14-15-16(2,3,4)17/h5-15H2,1-4H3. The Bertz CT molecular complexity index is 172. The molecule has 0 rings (SSSR count). The maximum atomic E-state index is 6.58. The number of halogens is 1. The molecule has 0 fully saturated rings. The summed E-state index contributed by atoms with van der Waals surface area (Å²) in [4.78, 5) is 0. The summed E-state index contributed by atoms with van der Waals surface area (Å²) < 4.78 is 0. The molecule has 0 bridgehead atoms. The molecule has 17 heavy (non-hydrogen) atoms. The summed E-state index contributed by atoms with van der Waals surface area (Å²) in [5, 5.41) is 1.30. The quantitative estimate of drug-likeness (QED) is 0.285. The molecule has 0 atom stereocenters. The first-order chi connectivity index (χ1) is 7.81. The van der Waals surface area contributed by atoms with Crippen molar-refractivity contribution in [3.63, 3.8) is 0 Å². The molecule has 0 amide bonds. The minimum atomic E-state index is -2.23. The molecule has 0 N–H and O–H groups in total. The van der Waals surface area contributed by atoms with E-state index in [0.717, 1.165) is 0 Å². The number of unbranched alkanes of at least 4 members (excludes halogenated alkanes) is 9. The summed E-state index contributed by atoms with van der Waals surface area (Å²) in [6.07, 6.45) is 14.2. The monoisotopic (exact) mass is 324 g/mol. The average Bonchev–Trinajstić information content (AvgIpc) is 2.18. The molecule has 0 aromatic carbocycles. The molecule has 0 heterocycles. The van der Waals surface area contributed by atoms with Gasteiger partial charge in [0.25, 0.3) is 0 Å². The van der Waals surface area contributed by atoms with Crippen molar-refractivity contribution < 1.29 is 0 Å². The summed E-state index contributed by atoms with van der Waals surface area (Å²) in [6, 6.07) is 0. The van der Waals surface area contributed by atoms with E-state index in [1.165, 1.54) is 69.4 Å². The van der Waals surface area contributed by atoms with Crippen LogP contribution in [0, 0.1) is 0 Å². The van der Waals surface area contributed by atoms with Crippen molar-refractivity contribution in [1.82, 2.24) is 0 Å². The Labute approximate surface area is 115 Å². The van der Waals surface area contributed by atoms with Gasteiger partial charge in [-0.3, -0.25) is 0 Å². The topological polar surface area (TPSA) is 0 Å². The normalized spacial score (nSPS) is 14.5. The van der Waals surface area contributed by atoms with Crippen LogP contribution in [0.2, 0.25) is 22.3 Å². The first-order valence-electron chi connectivity index (χ1n) is 7.53.